The number of carbonyl (C=O) groups is 12. The van der Waals surface area contributed by atoms with Gasteiger partial charge >= 0.3 is 6.18 Å². The van der Waals surface area contributed by atoms with E-state index >= 15 is 36.7 Å². The molecule has 3 saturated heterocycles. The summed E-state index contributed by atoms with van der Waals surface area (Å²) < 4.78 is 104. The van der Waals surface area contributed by atoms with Crippen LogP contribution in [0.1, 0.15) is 152 Å². The van der Waals surface area contributed by atoms with E-state index in [0.717, 1.165) is 36.5 Å². The molecule has 12 amide bonds. The molecular weight excluding hydrogens is 1360 g/mol. The Bertz CT molecular complexity index is 3430. The summed E-state index contributed by atoms with van der Waals surface area (Å²) in [6, 6.07) is -3.33. The highest BCUT2D eigenvalue weighted by Gasteiger charge is 2.55. The first kappa shape index (κ1) is 81.9. The highest BCUT2D eigenvalue weighted by atomic mass is 19.4. The molecule has 3 N–H and O–H groups in total. The second-order valence-electron chi connectivity index (χ2n) is 28.9. The third-order valence-corrected chi connectivity index (χ3v) is 21.3. The minimum Gasteiger partial charge on any atom is -0.343 e. The number of nitrogens with zero attached hydrogens (tertiary/aromatic N) is 9. The maximum absolute atomic E-state index is 16.1. The number of carbonyl (C=O) groups excluding carboxylic acids is 12. The molecule has 2 aromatic carbocycles. The van der Waals surface area contributed by atoms with Crippen LogP contribution in [0.2, 0.25) is 0 Å². The van der Waals surface area contributed by atoms with Gasteiger partial charge in [-0.2, -0.15) is 13.2 Å². The smallest absolute Gasteiger partial charge is 0.343 e. The molecule has 1 unspecified atom stereocenters. The largest absolute Gasteiger partial charge is 0.422 e. The van der Waals surface area contributed by atoms with Crippen LogP contribution in [0.25, 0.3) is 0 Å². The van der Waals surface area contributed by atoms with Gasteiger partial charge in [0.15, 0.2) is 0 Å². The van der Waals surface area contributed by atoms with Crippen LogP contribution in [-0.2, 0) is 76.6 Å². The van der Waals surface area contributed by atoms with Gasteiger partial charge in [-0.3, -0.25) is 57.5 Å². The Morgan fingerprint density at radius 2 is 1.21 bits per heavy atom. The maximum Gasteiger partial charge on any atom is 0.422 e. The number of benzene rings is 2. The Labute approximate surface area is 597 Å². The average molecular weight is 1460 g/mol. The number of hydrogen-bond donors (Lipinski definition) is 3. The van der Waals surface area contributed by atoms with Crippen molar-refractivity contribution in [2.45, 2.75) is 210 Å². The van der Waals surface area contributed by atoms with E-state index in [1.807, 2.05) is 6.92 Å². The van der Waals surface area contributed by atoms with Gasteiger partial charge in [0.25, 0.3) is 5.92 Å². The summed E-state index contributed by atoms with van der Waals surface area (Å²) in [7, 11) is 9.13. The summed E-state index contributed by atoms with van der Waals surface area (Å²) in [5.41, 5.74) is -3.22. The molecule has 5 fully saturated rings. The van der Waals surface area contributed by atoms with Crippen molar-refractivity contribution in [3.8, 4) is 0 Å². The van der Waals surface area contributed by atoms with Crippen molar-refractivity contribution >= 4 is 70.9 Å². The number of aryl methyl sites for hydroxylation is 2. The lowest BCUT2D eigenvalue weighted by molar-refractivity contribution is -0.156. The summed E-state index contributed by atoms with van der Waals surface area (Å²) in [6.07, 6.45) is -3.63. The van der Waals surface area contributed by atoms with Crippen molar-refractivity contribution in [3.05, 3.63) is 70.3 Å². The number of nitrogens with one attached hydrogen (secondary N) is 3. The third kappa shape index (κ3) is 19.9. The van der Waals surface area contributed by atoms with E-state index in [1.165, 1.54) is 64.0 Å². The van der Waals surface area contributed by atoms with Gasteiger partial charge in [0, 0.05) is 75.3 Å². The van der Waals surface area contributed by atoms with Crippen molar-refractivity contribution in [1.82, 2.24) is 60.0 Å². The van der Waals surface area contributed by atoms with Gasteiger partial charge in [-0.15, -0.1) is 0 Å². The van der Waals surface area contributed by atoms with E-state index in [2.05, 4.69) is 16.0 Å². The average Bonchev–Trinajstić information content (AvgIpc) is 1.53. The zero-order valence-electron chi connectivity index (χ0n) is 60.9. The molecule has 0 aromatic heterocycles. The van der Waals surface area contributed by atoms with E-state index in [0.29, 0.717) is 99.9 Å². The Morgan fingerprint density at radius 3 is 1.80 bits per heavy atom. The van der Waals surface area contributed by atoms with Gasteiger partial charge in [0.1, 0.15) is 65.0 Å². The number of likely N-dealkylation sites (N-methyl/N-ethyl adjacent to an activating group) is 7. The van der Waals surface area contributed by atoms with Gasteiger partial charge in [0.2, 0.25) is 70.9 Å². The fourth-order valence-corrected chi connectivity index (χ4v) is 14.8. The van der Waals surface area contributed by atoms with E-state index in [4.69, 9.17) is 0 Å². The lowest BCUT2D eigenvalue weighted by Gasteiger charge is -2.43. The van der Waals surface area contributed by atoms with Crippen LogP contribution in [0.15, 0.2) is 36.4 Å². The summed E-state index contributed by atoms with van der Waals surface area (Å²) in [6.45, 7) is 4.02. The normalized spacial score (nSPS) is 25.7. The molecule has 3 aliphatic heterocycles. The van der Waals surface area contributed by atoms with Crippen LogP contribution in [0, 0.1) is 30.4 Å². The molecule has 3 heterocycles. The fourth-order valence-electron chi connectivity index (χ4n) is 14.8. The van der Waals surface area contributed by atoms with Crippen LogP contribution in [0.5, 0.6) is 0 Å². The lowest BCUT2D eigenvalue weighted by atomic mass is 9.81. The SMILES string of the molecule is CCC[C@H]1C(=O)N[C@@H]([C@@H](C)CC)C(=O)N(C)CC(=O)N(C)CC(=O)N(C)[C@@H](Cc2ccc(C)cc2)C(=O)N(C)CC(=O)N[C@@H](CCc2cc(F)c(C(F)(F)F)c(F)c2)C(=O)N2CC(F)(F)CC2C(=O)NC2(CCCC2)C(=O)N(C)[C@@H](C2CCCCC2)C(=O)N(C)[C@H](C(=O)N2CCCC2)CC(=O)N1C. The van der Waals surface area contributed by atoms with E-state index in [-0.39, 0.29) is 25.7 Å². The molecule has 0 radical (unpaired) electrons. The summed E-state index contributed by atoms with van der Waals surface area (Å²) in [5, 5.41) is 7.93. The molecule has 1 spiro atoms. The predicted octanol–water partition coefficient (Wildman–Crippen LogP) is 5.24. The van der Waals surface area contributed by atoms with Crippen molar-refractivity contribution in [2.75, 3.05) is 88.6 Å². The first-order valence-corrected chi connectivity index (χ1v) is 35.6. The Hall–Kier alpha value is -8.41. The number of alkyl halides is 5. The maximum atomic E-state index is 16.1. The van der Waals surface area contributed by atoms with Crippen LogP contribution < -0.4 is 16.0 Å². The molecule has 570 valence electrons. The van der Waals surface area contributed by atoms with Crippen LogP contribution in [0.4, 0.5) is 30.7 Å². The number of hydrogen-bond acceptors (Lipinski definition) is 12. The molecule has 103 heavy (non-hydrogen) atoms. The zero-order chi connectivity index (χ0) is 76.3. The number of halogens is 7. The minimum absolute atomic E-state index is 0.0772. The van der Waals surface area contributed by atoms with Crippen LogP contribution in [0.3, 0.4) is 0 Å². The topological polar surface area (TPSA) is 270 Å². The summed E-state index contributed by atoms with van der Waals surface area (Å²) >= 11 is 0. The molecular formula is C72H101F7N12O12. The molecule has 2 saturated carbocycles. The molecule has 5 aliphatic rings. The summed E-state index contributed by atoms with van der Waals surface area (Å²) in [5.74, 6) is -19.5. The van der Waals surface area contributed by atoms with Gasteiger partial charge in [-0.1, -0.05) is 95.5 Å². The van der Waals surface area contributed by atoms with Crippen LogP contribution in [-0.4, -0.2) is 257 Å². The van der Waals surface area contributed by atoms with Gasteiger partial charge in [0.05, 0.1) is 32.6 Å². The predicted molar refractivity (Wildman–Crippen MR) is 363 cm³/mol. The molecule has 8 atom stereocenters. The lowest BCUT2D eigenvalue weighted by Crippen LogP contribution is -2.65. The highest BCUT2D eigenvalue weighted by molar-refractivity contribution is 6.01. The van der Waals surface area contributed by atoms with E-state index < -0.39 is 217 Å². The Kier molecular flexibility index (Phi) is 27.8. The molecule has 2 aliphatic carbocycles. The number of likely N-dealkylation sites (tertiary alicyclic amines) is 1. The van der Waals surface area contributed by atoms with Crippen molar-refractivity contribution in [1.29, 1.82) is 0 Å². The van der Waals surface area contributed by atoms with Crippen molar-refractivity contribution in [2.24, 2.45) is 11.8 Å². The van der Waals surface area contributed by atoms with Crippen molar-refractivity contribution in [3.63, 3.8) is 0 Å². The standard InChI is InChI=1S/C72H101F7N12O12/c1-12-21-51-62(96)81-60(44(4)13-2)67(101)85(7)40-57(94)83(5)41-58(95)87(9)52(36-45-26-24-43(3)25-27-45)65(99)84(6)39-55(92)80-50(29-28-46-34-48(73)59(49(74)35-46)72(77,78)79)64(98)91-42-71(75,76)38-54(91)63(97)82-70(30-17-18-31-70)69(103)89(11)61(47-22-15-14-16-23-47)68(102)88(10)53(37-56(93)86(51)8)66(100)90-32-19-20-33-90/h24-27,34-35,44,47,50-54,60-61H,12-23,28-33,36-42H2,1-11H3,(H,80,92)(H,81,96)(H,82,97)/t44-,50-,51-,52-,53-,54?,60-,61-/m0/s1. The monoisotopic (exact) mass is 1460 g/mol. The van der Waals surface area contributed by atoms with Crippen molar-refractivity contribution < 1.29 is 88.3 Å². The highest BCUT2D eigenvalue weighted by Crippen LogP contribution is 2.39. The number of amides is 12. The minimum atomic E-state index is -5.47. The number of rotatable bonds is 11. The van der Waals surface area contributed by atoms with E-state index in [9.17, 15) is 51.5 Å². The molecule has 7 rings (SSSR count). The zero-order valence-corrected chi connectivity index (χ0v) is 60.9. The Morgan fingerprint density at radius 1 is 0.631 bits per heavy atom. The molecule has 2 aromatic rings. The molecule has 31 heteroatoms. The Balaban J connectivity index is 1.32. The van der Waals surface area contributed by atoms with Gasteiger partial charge in [-0.25, -0.2) is 17.6 Å². The van der Waals surface area contributed by atoms with Gasteiger partial charge < -0.3 is 60.0 Å². The first-order chi connectivity index (χ1) is 48.3. The number of fused-ring (bicyclic) bond motifs is 1. The quantitative estimate of drug-likeness (QED) is 0.244. The molecule has 0 bridgehead atoms. The van der Waals surface area contributed by atoms with Gasteiger partial charge in [-0.05, 0) is 99.8 Å². The fraction of sp³-hybridized carbons (Fsp3) is 0.667. The second kappa shape index (κ2) is 34.9. The first-order valence-electron chi connectivity index (χ1n) is 35.6. The van der Waals surface area contributed by atoms with E-state index in [1.54, 1.807) is 45.0 Å². The second-order valence-corrected chi connectivity index (χ2v) is 28.9. The van der Waals surface area contributed by atoms with Crippen LogP contribution >= 0.6 is 0 Å². The summed E-state index contributed by atoms with van der Waals surface area (Å²) in [4.78, 5) is 188. The molecule has 24 nitrogen and oxygen atoms in total. The third-order valence-electron chi connectivity index (χ3n) is 21.3.